The largest absolute Gasteiger partial charge is 0.477 e. The van der Waals surface area contributed by atoms with Gasteiger partial charge in [-0.15, -0.1) is 0 Å². The van der Waals surface area contributed by atoms with E-state index < -0.39 is 17.6 Å². The molecule has 0 aliphatic carbocycles. The fourth-order valence-electron chi connectivity index (χ4n) is 0.567. The maximum absolute atomic E-state index is 12.4. The van der Waals surface area contributed by atoms with Gasteiger partial charge in [-0.1, -0.05) is 0 Å². The van der Waals surface area contributed by atoms with Crippen molar-refractivity contribution in [2.45, 2.75) is 12.3 Å². The zero-order valence-electron chi connectivity index (χ0n) is 7.26. The van der Waals surface area contributed by atoms with Crippen LogP contribution < -0.4 is 0 Å². The number of carboxylic acids is 1. The van der Waals surface area contributed by atoms with Crippen molar-refractivity contribution >= 4 is 17.7 Å². The van der Waals surface area contributed by atoms with Gasteiger partial charge < -0.3 is 9.84 Å². The molecule has 0 unspecified atom stereocenters. The van der Waals surface area contributed by atoms with Crippen molar-refractivity contribution in [3.05, 3.63) is 0 Å². The van der Waals surface area contributed by atoms with Crippen molar-refractivity contribution in [1.29, 1.82) is 0 Å². The SMILES string of the molecule is COCCCSCC(F)(F)C(=O)O. The van der Waals surface area contributed by atoms with Gasteiger partial charge in [-0.2, -0.15) is 20.5 Å². The van der Waals surface area contributed by atoms with Crippen molar-refractivity contribution < 1.29 is 23.4 Å². The topological polar surface area (TPSA) is 46.5 Å². The molecule has 0 atom stereocenters. The van der Waals surface area contributed by atoms with Crippen LogP contribution in [0.3, 0.4) is 0 Å². The Morgan fingerprint density at radius 2 is 2.23 bits per heavy atom. The molecule has 13 heavy (non-hydrogen) atoms. The summed E-state index contributed by atoms with van der Waals surface area (Å²) in [5, 5.41) is 8.06. The minimum atomic E-state index is -3.61. The van der Waals surface area contributed by atoms with Gasteiger partial charge in [0.05, 0.1) is 5.75 Å². The Balaban J connectivity index is 3.46. The molecule has 0 amide bonds. The maximum atomic E-state index is 12.4. The van der Waals surface area contributed by atoms with E-state index in [0.717, 1.165) is 11.8 Å². The molecule has 0 bridgehead atoms. The van der Waals surface area contributed by atoms with Crippen LogP contribution in [0.1, 0.15) is 6.42 Å². The summed E-state index contributed by atoms with van der Waals surface area (Å²) in [5.41, 5.74) is 0. The molecule has 0 rings (SSSR count). The van der Waals surface area contributed by atoms with Crippen LogP contribution in [-0.2, 0) is 9.53 Å². The number of carboxylic acid groups (broad SMARTS) is 1. The molecule has 78 valence electrons. The van der Waals surface area contributed by atoms with Crippen molar-refractivity contribution in [2.75, 3.05) is 25.2 Å². The number of halogens is 2. The molecule has 0 saturated carbocycles. The van der Waals surface area contributed by atoms with Gasteiger partial charge in [0, 0.05) is 13.7 Å². The molecule has 3 nitrogen and oxygen atoms in total. The van der Waals surface area contributed by atoms with Gasteiger partial charge in [0.1, 0.15) is 0 Å². The van der Waals surface area contributed by atoms with Crippen LogP contribution in [0.2, 0.25) is 0 Å². The molecule has 1 N–H and O–H groups in total. The summed E-state index contributed by atoms with van der Waals surface area (Å²) in [7, 11) is 1.52. The number of carbonyl (C=O) groups is 1. The van der Waals surface area contributed by atoms with Crippen LogP contribution in [-0.4, -0.2) is 42.2 Å². The van der Waals surface area contributed by atoms with Crippen LogP contribution in [0.15, 0.2) is 0 Å². The predicted molar refractivity (Wildman–Crippen MR) is 46.4 cm³/mol. The second-order valence-electron chi connectivity index (χ2n) is 2.41. The van der Waals surface area contributed by atoms with E-state index in [9.17, 15) is 13.6 Å². The molecule has 0 aromatic rings. The lowest BCUT2D eigenvalue weighted by molar-refractivity contribution is -0.161. The average molecular weight is 214 g/mol. The van der Waals surface area contributed by atoms with Gasteiger partial charge in [-0.25, -0.2) is 4.79 Å². The molecule has 0 aromatic heterocycles. The molecule has 0 aromatic carbocycles. The number of thioether (sulfide) groups is 1. The molecule has 0 aliphatic heterocycles. The van der Waals surface area contributed by atoms with E-state index >= 15 is 0 Å². The Kier molecular flexibility index (Phi) is 5.98. The first kappa shape index (κ1) is 12.6. The molecule has 6 heteroatoms. The third-order valence-corrected chi connectivity index (χ3v) is 2.38. The number of aliphatic carboxylic acids is 1. The first-order valence-electron chi connectivity index (χ1n) is 3.68. The number of hydrogen-bond acceptors (Lipinski definition) is 3. The average Bonchev–Trinajstić information content (AvgIpc) is 2.03. The molecular formula is C7H12F2O3S. The summed E-state index contributed by atoms with van der Waals surface area (Å²) in [5.74, 6) is -5.87. The second-order valence-corrected chi connectivity index (χ2v) is 3.51. The second kappa shape index (κ2) is 6.15. The minimum Gasteiger partial charge on any atom is -0.477 e. The normalized spacial score (nSPS) is 11.6. The van der Waals surface area contributed by atoms with Gasteiger partial charge in [0.15, 0.2) is 0 Å². The molecule has 0 fully saturated rings. The summed E-state index contributed by atoms with van der Waals surface area (Å²) < 4.78 is 29.5. The van der Waals surface area contributed by atoms with E-state index in [2.05, 4.69) is 0 Å². The quantitative estimate of drug-likeness (QED) is 0.652. The van der Waals surface area contributed by atoms with E-state index in [4.69, 9.17) is 9.84 Å². The highest BCUT2D eigenvalue weighted by atomic mass is 32.2. The highest BCUT2D eigenvalue weighted by Crippen LogP contribution is 2.20. The van der Waals surface area contributed by atoms with Gasteiger partial charge >= 0.3 is 11.9 Å². The first-order chi connectivity index (χ1) is 6.00. The van der Waals surface area contributed by atoms with Crippen LogP contribution in [0, 0.1) is 0 Å². The standard InChI is InChI=1S/C7H12F2O3S/c1-12-3-2-4-13-5-7(8,9)6(10)11/h2-5H2,1H3,(H,10,11). The van der Waals surface area contributed by atoms with Gasteiger partial charge in [-0.05, 0) is 12.2 Å². The van der Waals surface area contributed by atoms with E-state index in [1.165, 1.54) is 7.11 Å². The zero-order chi connectivity index (χ0) is 10.3. The summed E-state index contributed by atoms with van der Waals surface area (Å²) in [4.78, 5) is 9.95. The van der Waals surface area contributed by atoms with E-state index in [0.29, 0.717) is 18.8 Å². The molecule has 0 radical (unpaired) electrons. The molecular weight excluding hydrogens is 202 g/mol. The van der Waals surface area contributed by atoms with Crippen LogP contribution in [0.5, 0.6) is 0 Å². The lowest BCUT2D eigenvalue weighted by atomic mass is 10.4. The third-order valence-electron chi connectivity index (χ3n) is 1.23. The first-order valence-corrected chi connectivity index (χ1v) is 4.84. The number of hydrogen-bond donors (Lipinski definition) is 1. The minimum absolute atomic E-state index is 0.483. The number of ether oxygens (including phenoxy) is 1. The van der Waals surface area contributed by atoms with Crippen molar-refractivity contribution in [1.82, 2.24) is 0 Å². The third kappa shape index (κ3) is 5.81. The predicted octanol–water partition coefficient (Wildman–Crippen LogP) is 1.48. The number of alkyl halides is 2. The molecule has 0 spiro atoms. The fourth-order valence-corrected chi connectivity index (χ4v) is 1.41. The lowest BCUT2D eigenvalue weighted by Gasteiger charge is -2.09. The summed E-state index contributed by atoms with van der Waals surface area (Å²) in [6.45, 7) is 0.506. The Bertz CT molecular complexity index is 164. The highest BCUT2D eigenvalue weighted by molar-refractivity contribution is 7.99. The maximum Gasteiger partial charge on any atom is 0.375 e. The lowest BCUT2D eigenvalue weighted by Crippen LogP contribution is -2.31. The Hall–Kier alpha value is -0.360. The summed E-state index contributed by atoms with van der Waals surface area (Å²) in [6.07, 6.45) is 0.650. The monoisotopic (exact) mass is 214 g/mol. The summed E-state index contributed by atoms with van der Waals surface area (Å²) >= 11 is 0.918. The van der Waals surface area contributed by atoms with Crippen molar-refractivity contribution in [2.24, 2.45) is 0 Å². The van der Waals surface area contributed by atoms with E-state index in [1.54, 1.807) is 0 Å². The molecule has 0 saturated heterocycles. The van der Waals surface area contributed by atoms with Crippen molar-refractivity contribution in [3.8, 4) is 0 Å². The smallest absolute Gasteiger partial charge is 0.375 e. The molecule has 0 aliphatic rings. The Morgan fingerprint density at radius 3 is 2.69 bits per heavy atom. The highest BCUT2D eigenvalue weighted by Gasteiger charge is 2.38. The van der Waals surface area contributed by atoms with E-state index in [1.807, 2.05) is 0 Å². The number of methoxy groups -OCH3 is 1. The zero-order valence-corrected chi connectivity index (χ0v) is 8.07. The Morgan fingerprint density at radius 1 is 1.62 bits per heavy atom. The van der Waals surface area contributed by atoms with Gasteiger partial charge in [0.25, 0.3) is 0 Å². The summed E-state index contributed by atoms with van der Waals surface area (Å²) in [6, 6.07) is 0. The van der Waals surface area contributed by atoms with Crippen LogP contribution in [0.4, 0.5) is 8.78 Å². The van der Waals surface area contributed by atoms with Crippen LogP contribution in [0.25, 0.3) is 0 Å². The van der Waals surface area contributed by atoms with E-state index in [-0.39, 0.29) is 0 Å². The number of rotatable bonds is 7. The molecule has 0 heterocycles. The van der Waals surface area contributed by atoms with Crippen molar-refractivity contribution in [3.63, 3.8) is 0 Å². The fraction of sp³-hybridized carbons (Fsp3) is 0.857. The van der Waals surface area contributed by atoms with Crippen LogP contribution >= 0.6 is 11.8 Å². The van der Waals surface area contributed by atoms with Gasteiger partial charge in [0.2, 0.25) is 0 Å². The van der Waals surface area contributed by atoms with Gasteiger partial charge in [-0.3, -0.25) is 0 Å². The Labute approximate surface area is 79.5 Å².